The molecule has 0 unspecified atom stereocenters. The van der Waals surface area contributed by atoms with Gasteiger partial charge in [0.05, 0.1) is 13.2 Å². The molecule has 0 spiro atoms. The third-order valence-electron chi connectivity index (χ3n) is 2.65. The van der Waals surface area contributed by atoms with Crippen LogP contribution in [0.4, 0.5) is 0 Å². The molecule has 0 atom stereocenters. The van der Waals surface area contributed by atoms with E-state index in [2.05, 4.69) is 0 Å². The molecule has 0 aromatic rings. The van der Waals surface area contributed by atoms with Gasteiger partial charge in [-0.3, -0.25) is 0 Å². The molecule has 1 aliphatic carbocycles. The fourth-order valence-electron chi connectivity index (χ4n) is 1.35. The average Bonchev–Trinajstić information content (AvgIpc) is 2.44. The Labute approximate surface area is 61.7 Å². The van der Waals surface area contributed by atoms with E-state index in [-0.39, 0.29) is 5.54 Å². The van der Waals surface area contributed by atoms with Crippen molar-refractivity contribution >= 4 is 0 Å². The Balaban J connectivity index is 1.63. The Morgan fingerprint density at radius 2 is 2.10 bits per heavy atom. The Hall–Kier alpha value is -0.0800. The minimum atomic E-state index is 0.260. The van der Waals surface area contributed by atoms with Gasteiger partial charge in [0.1, 0.15) is 0 Å². The second-order valence-electron chi connectivity index (χ2n) is 3.80. The van der Waals surface area contributed by atoms with Crippen molar-refractivity contribution < 1.29 is 4.74 Å². The van der Waals surface area contributed by atoms with Crippen molar-refractivity contribution in [3.63, 3.8) is 0 Å². The van der Waals surface area contributed by atoms with Gasteiger partial charge in [-0.25, -0.2) is 0 Å². The third-order valence-corrected chi connectivity index (χ3v) is 2.65. The fourth-order valence-corrected chi connectivity index (χ4v) is 1.35. The summed E-state index contributed by atoms with van der Waals surface area (Å²) in [6.45, 7) is 1.96. The summed E-state index contributed by atoms with van der Waals surface area (Å²) in [5, 5.41) is 0. The Kier molecular flexibility index (Phi) is 1.46. The van der Waals surface area contributed by atoms with Crippen LogP contribution in [-0.4, -0.2) is 18.8 Å². The van der Waals surface area contributed by atoms with Crippen LogP contribution in [0.25, 0.3) is 0 Å². The predicted octanol–water partition coefficient (Wildman–Crippen LogP) is 0.904. The monoisotopic (exact) mass is 141 g/mol. The lowest BCUT2D eigenvalue weighted by Gasteiger charge is -2.26. The molecule has 0 amide bonds. The molecule has 0 aromatic heterocycles. The molecule has 1 aliphatic heterocycles. The van der Waals surface area contributed by atoms with E-state index in [0.717, 1.165) is 19.1 Å². The first-order valence-corrected chi connectivity index (χ1v) is 4.15. The first kappa shape index (κ1) is 6.62. The molecule has 1 saturated carbocycles. The lowest BCUT2D eigenvalue weighted by molar-refractivity contribution is -0.0371. The van der Waals surface area contributed by atoms with Gasteiger partial charge >= 0.3 is 0 Å². The van der Waals surface area contributed by atoms with Crippen molar-refractivity contribution in [2.24, 2.45) is 11.7 Å². The average molecular weight is 141 g/mol. The van der Waals surface area contributed by atoms with Gasteiger partial charge in [-0.1, -0.05) is 0 Å². The molecule has 0 bridgehead atoms. The van der Waals surface area contributed by atoms with Crippen LogP contribution >= 0.6 is 0 Å². The second kappa shape index (κ2) is 2.21. The minimum Gasteiger partial charge on any atom is -0.381 e. The van der Waals surface area contributed by atoms with E-state index in [9.17, 15) is 0 Å². The van der Waals surface area contributed by atoms with Gasteiger partial charge in [0, 0.05) is 11.5 Å². The molecule has 0 radical (unpaired) electrons. The van der Waals surface area contributed by atoms with Crippen molar-refractivity contribution in [3.05, 3.63) is 0 Å². The van der Waals surface area contributed by atoms with E-state index in [1.54, 1.807) is 0 Å². The molecular formula is C8H15NO. The standard InChI is InChI=1S/C8H15NO/c9-8(3-4-8)2-1-7-5-10-6-7/h7H,1-6,9H2. The molecular weight excluding hydrogens is 126 g/mol. The van der Waals surface area contributed by atoms with Crippen LogP contribution in [0.1, 0.15) is 25.7 Å². The van der Waals surface area contributed by atoms with Gasteiger partial charge in [0.2, 0.25) is 0 Å². The molecule has 10 heavy (non-hydrogen) atoms. The molecule has 2 heteroatoms. The summed E-state index contributed by atoms with van der Waals surface area (Å²) in [5.74, 6) is 0.834. The first-order valence-electron chi connectivity index (χ1n) is 4.15. The zero-order valence-corrected chi connectivity index (χ0v) is 6.31. The molecule has 0 aromatic carbocycles. The normalized spacial score (nSPS) is 29.7. The van der Waals surface area contributed by atoms with Crippen LogP contribution in [0, 0.1) is 5.92 Å². The van der Waals surface area contributed by atoms with E-state index in [4.69, 9.17) is 10.5 Å². The number of ether oxygens (including phenoxy) is 1. The van der Waals surface area contributed by atoms with E-state index in [1.807, 2.05) is 0 Å². The van der Waals surface area contributed by atoms with Crippen molar-refractivity contribution in [1.29, 1.82) is 0 Å². The quantitative estimate of drug-likeness (QED) is 0.634. The Bertz CT molecular complexity index is 127. The smallest absolute Gasteiger partial charge is 0.0516 e. The summed E-state index contributed by atoms with van der Waals surface area (Å²) in [5.41, 5.74) is 6.19. The second-order valence-corrected chi connectivity index (χ2v) is 3.80. The molecule has 58 valence electrons. The highest BCUT2D eigenvalue weighted by molar-refractivity contribution is 4.98. The predicted molar refractivity (Wildman–Crippen MR) is 39.7 cm³/mol. The highest BCUT2D eigenvalue weighted by Crippen LogP contribution is 2.38. The van der Waals surface area contributed by atoms with E-state index >= 15 is 0 Å². The molecule has 2 fully saturated rings. The zero-order valence-electron chi connectivity index (χ0n) is 6.31. The molecule has 2 aliphatic rings. The third kappa shape index (κ3) is 1.32. The van der Waals surface area contributed by atoms with Crippen LogP contribution in [0.5, 0.6) is 0 Å². The van der Waals surface area contributed by atoms with E-state index < -0.39 is 0 Å². The molecule has 2 N–H and O–H groups in total. The van der Waals surface area contributed by atoms with Gasteiger partial charge in [-0.2, -0.15) is 0 Å². The van der Waals surface area contributed by atoms with E-state index in [0.29, 0.717) is 0 Å². The van der Waals surface area contributed by atoms with Gasteiger partial charge < -0.3 is 10.5 Å². The molecule has 2 nitrogen and oxygen atoms in total. The minimum absolute atomic E-state index is 0.260. The summed E-state index contributed by atoms with van der Waals surface area (Å²) >= 11 is 0. The van der Waals surface area contributed by atoms with Gasteiger partial charge in [-0.15, -0.1) is 0 Å². The van der Waals surface area contributed by atoms with Gasteiger partial charge in [0.15, 0.2) is 0 Å². The number of hydrogen-bond acceptors (Lipinski definition) is 2. The number of hydrogen-bond donors (Lipinski definition) is 1. The van der Waals surface area contributed by atoms with Crippen molar-refractivity contribution in [1.82, 2.24) is 0 Å². The largest absolute Gasteiger partial charge is 0.381 e. The van der Waals surface area contributed by atoms with Crippen LogP contribution in [0.2, 0.25) is 0 Å². The van der Waals surface area contributed by atoms with Crippen LogP contribution in [0.3, 0.4) is 0 Å². The van der Waals surface area contributed by atoms with Crippen LogP contribution < -0.4 is 5.73 Å². The highest BCUT2D eigenvalue weighted by Gasteiger charge is 2.38. The summed E-state index contributed by atoms with van der Waals surface area (Å²) in [4.78, 5) is 0. The SMILES string of the molecule is NC1(CCC2COC2)CC1. The molecule has 2 rings (SSSR count). The number of rotatable bonds is 3. The lowest BCUT2D eigenvalue weighted by atomic mass is 9.98. The van der Waals surface area contributed by atoms with Crippen LogP contribution in [-0.2, 0) is 4.74 Å². The topological polar surface area (TPSA) is 35.2 Å². The maximum absolute atomic E-state index is 5.93. The Morgan fingerprint density at radius 3 is 2.50 bits per heavy atom. The van der Waals surface area contributed by atoms with Crippen LogP contribution in [0.15, 0.2) is 0 Å². The molecule has 1 saturated heterocycles. The van der Waals surface area contributed by atoms with E-state index in [1.165, 1.54) is 25.7 Å². The Morgan fingerprint density at radius 1 is 1.40 bits per heavy atom. The van der Waals surface area contributed by atoms with Gasteiger partial charge in [0.25, 0.3) is 0 Å². The summed E-state index contributed by atoms with van der Waals surface area (Å²) < 4.78 is 5.08. The van der Waals surface area contributed by atoms with Crippen molar-refractivity contribution in [2.75, 3.05) is 13.2 Å². The molecule has 1 heterocycles. The van der Waals surface area contributed by atoms with Crippen molar-refractivity contribution in [2.45, 2.75) is 31.2 Å². The summed E-state index contributed by atoms with van der Waals surface area (Å²) in [6.07, 6.45) is 5.01. The summed E-state index contributed by atoms with van der Waals surface area (Å²) in [7, 11) is 0. The van der Waals surface area contributed by atoms with Gasteiger partial charge in [-0.05, 0) is 25.7 Å². The zero-order chi connectivity index (χ0) is 7.03. The lowest BCUT2D eigenvalue weighted by Crippen LogP contribution is -2.30. The van der Waals surface area contributed by atoms with Crippen molar-refractivity contribution in [3.8, 4) is 0 Å². The fraction of sp³-hybridized carbons (Fsp3) is 1.00. The number of nitrogens with two attached hydrogens (primary N) is 1. The highest BCUT2D eigenvalue weighted by atomic mass is 16.5. The maximum Gasteiger partial charge on any atom is 0.0516 e. The first-order chi connectivity index (χ1) is 4.79. The maximum atomic E-state index is 5.93. The summed E-state index contributed by atoms with van der Waals surface area (Å²) in [6, 6.07) is 0.